The van der Waals surface area contributed by atoms with Crippen LogP contribution in [-0.4, -0.2) is 65.2 Å². The third-order valence-electron chi connectivity index (χ3n) is 5.87. The third-order valence-corrected chi connectivity index (χ3v) is 6.88. The van der Waals surface area contributed by atoms with Crippen molar-refractivity contribution in [3.8, 4) is 0 Å². The molecule has 0 atom stereocenters. The van der Waals surface area contributed by atoms with E-state index in [1.165, 1.54) is 42.7 Å². The number of piperazine rings is 1. The van der Waals surface area contributed by atoms with Gasteiger partial charge in [0.15, 0.2) is 0 Å². The number of halogens is 1. The Bertz CT molecular complexity index is 938. The molecule has 31 heavy (non-hydrogen) atoms. The van der Waals surface area contributed by atoms with Crippen LogP contribution in [0, 0.1) is 5.82 Å². The van der Waals surface area contributed by atoms with Crippen LogP contribution in [0.15, 0.2) is 18.2 Å². The molecule has 0 bridgehead atoms. The second-order valence-corrected chi connectivity index (χ2v) is 9.15. The summed E-state index contributed by atoms with van der Waals surface area (Å²) >= 11 is 1.36. The van der Waals surface area contributed by atoms with Gasteiger partial charge in [0.25, 0.3) is 5.91 Å². The molecule has 10 heteroatoms. The van der Waals surface area contributed by atoms with Gasteiger partial charge in [0, 0.05) is 32.1 Å². The van der Waals surface area contributed by atoms with Crippen LogP contribution >= 0.6 is 11.3 Å². The molecule has 1 saturated carbocycles. The van der Waals surface area contributed by atoms with Crippen molar-refractivity contribution < 1.29 is 14.0 Å². The number of hydrogen-bond donors (Lipinski definition) is 2. The first-order chi connectivity index (χ1) is 15.0. The molecule has 0 unspecified atom stereocenters. The van der Waals surface area contributed by atoms with Crippen LogP contribution in [0.2, 0.25) is 0 Å². The van der Waals surface area contributed by atoms with E-state index >= 15 is 0 Å². The summed E-state index contributed by atoms with van der Waals surface area (Å²) in [5.41, 5.74) is 0.316. The predicted molar refractivity (Wildman–Crippen MR) is 118 cm³/mol. The van der Waals surface area contributed by atoms with Gasteiger partial charge >= 0.3 is 6.03 Å². The Labute approximate surface area is 184 Å². The van der Waals surface area contributed by atoms with Crippen LogP contribution in [0.3, 0.4) is 0 Å². The van der Waals surface area contributed by atoms with E-state index in [4.69, 9.17) is 0 Å². The summed E-state index contributed by atoms with van der Waals surface area (Å²) in [5.74, 6) is -0.688. The van der Waals surface area contributed by atoms with Crippen molar-refractivity contribution in [2.75, 3.05) is 43.9 Å². The molecule has 2 N–H and O–H groups in total. The molecule has 3 amide bonds. The number of likely N-dealkylation sites (N-methyl/N-ethyl adjacent to an activating group) is 1. The summed E-state index contributed by atoms with van der Waals surface area (Å²) in [5, 5.41) is 15.1. The zero-order chi connectivity index (χ0) is 21.8. The summed E-state index contributed by atoms with van der Waals surface area (Å²) in [4.78, 5) is 29.3. The normalized spacial score (nSPS) is 18.1. The van der Waals surface area contributed by atoms with Crippen LogP contribution in [0.1, 0.15) is 53.4 Å². The maximum atomic E-state index is 13.9. The minimum absolute atomic E-state index is 0.0527. The fourth-order valence-corrected chi connectivity index (χ4v) is 4.89. The lowest BCUT2D eigenvalue weighted by atomic mass is 9.90. The molecule has 1 aromatic heterocycles. The number of rotatable bonds is 4. The van der Waals surface area contributed by atoms with Crippen molar-refractivity contribution in [2.45, 2.75) is 38.0 Å². The summed E-state index contributed by atoms with van der Waals surface area (Å²) in [6.45, 7) is 2.76. The van der Waals surface area contributed by atoms with E-state index in [1.807, 2.05) is 7.05 Å². The van der Waals surface area contributed by atoms with Gasteiger partial charge < -0.3 is 15.1 Å². The fourth-order valence-electron chi connectivity index (χ4n) is 3.98. The topological polar surface area (TPSA) is 90.5 Å². The molecule has 1 aliphatic heterocycles. The van der Waals surface area contributed by atoms with Crippen molar-refractivity contribution in [1.82, 2.24) is 20.0 Å². The highest BCUT2D eigenvalue weighted by atomic mass is 32.1. The highest BCUT2D eigenvalue weighted by molar-refractivity contribution is 7.15. The van der Waals surface area contributed by atoms with Gasteiger partial charge in [-0.2, -0.15) is 0 Å². The Morgan fingerprint density at radius 3 is 2.55 bits per heavy atom. The van der Waals surface area contributed by atoms with Gasteiger partial charge in [0.05, 0.1) is 11.3 Å². The Morgan fingerprint density at radius 1 is 1.06 bits per heavy atom. The molecular formula is C21H27FN6O2S. The summed E-state index contributed by atoms with van der Waals surface area (Å²) < 4.78 is 13.9. The van der Waals surface area contributed by atoms with Crippen molar-refractivity contribution in [3.05, 3.63) is 34.6 Å². The number of carbonyl (C=O) groups excluding carboxylic acids is 2. The number of nitrogens with one attached hydrogen (secondary N) is 2. The Kier molecular flexibility index (Phi) is 6.77. The molecule has 8 nitrogen and oxygen atoms in total. The molecule has 1 aromatic carbocycles. The van der Waals surface area contributed by atoms with Gasteiger partial charge in [-0.25, -0.2) is 9.18 Å². The molecule has 4 rings (SSSR count). The summed E-state index contributed by atoms with van der Waals surface area (Å²) in [6, 6.07) is 3.45. The first-order valence-corrected chi connectivity index (χ1v) is 11.5. The van der Waals surface area contributed by atoms with Gasteiger partial charge in [-0.05, 0) is 38.1 Å². The molecule has 2 aliphatic rings. The van der Waals surface area contributed by atoms with Crippen LogP contribution in [0.25, 0.3) is 0 Å². The summed E-state index contributed by atoms with van der Waals surface area (Å²) in [7, 11) is 2.00. The zero-order valence-corrected chi connectivity index (χ0v) is 18.4. The molecule has 0 spiro atoms. The first kappa shape index (κ1) is 21.6. The zero-order valence-electron chi connectivity index (χ0n) is 17.6. The molecule has 2 heterocycles. The van der Waals surface area contributed by atoms with E-state index in [1.54, 1.807) is 4.90 Å². The number of anilines is 2. The quantitative estimate of drug-likeness (QED) is 0.746. The molecule has 2 aromatic rings. The van der Waals surface area contributed by atoms with E-state index < -0.39 is 11.7 Å². The maximum Gasteiger partial charge on any atom is 0.321 e. The van der Waals surface area contributed by atoms with Crippen molar-refractivity contribution in [1.29, 1.82) is 0 Å². The lowest BCUT2D eigenvalue weighted by Crippen LogP contribution is -2.48. The Hall–Kier alpha value is -2.59. The SMILES string of the molecule is CN1CCN(C(=O)Nc2ccc(F)cc2C(=O)Nc2nnc(C3CCCCC3)s2)CC1. The number of benzene rings is 1. The van der Waals surface area contributed by atoms with Crippen molar-refractivity contribution >= 4 is 34.1 Å². The maximum absolute atomic E-state index is 13.9. The molecule has 2 fully saturated rings. The molecule has 1 aliphatic carbocycles. The number of carbonyl (C=O) groups is 2. The van der Waals surface area contributed by atoms with Crippen LogP contribution in [-0.2, 0) is 0 Å². The average molecular weight is 447 g/mol. The third kappa shape index (κ3) is 5.37. The minimum Gasteiger partial charge on any atom is -0.322 e. The van der Waals surface area contributed by atoms with Crippen LogP contribution < -0.4 is 10.6 Å². The Morgan fingerprint density at radius 2 is 1.81 bits per heavy atom. The van der Waals surface area contributed by atoms with Gasteiger partial charge in [-0.15, -0.1) is 10.2 Å². The number of amides is 3. The monoisotopic (exact) mass is 446 g/mol. The van der Waals surface area contributed by atoms with E-state index in [0.29, 0.717) is 24.1 Å². The van der Waals surface area contributed by atoms with Crippen molar-refractivity contribution in [2.24, 2.45) is 0 Å². The largest absolute Gasteiger partial charge is 0.322 e. The van der Waals surface area contributed by atoms with E-state index in [0.717, 1.165) is 37.0 Å². The standard InChI is InChI=1S/C21H27FN6O2S/c1-27-9-11-28(12-10-27)21(30)23-17-8-7-15(22)13-16(17)18(29)24-20-26-25-19(31-20)14-5-3-2-4-6-14/h7-8,13-14H,2-6,9-12H2,1H3,(H,23,30)(H,24,26,29). The van der Waals surface area contributed by atoms with Crippen molar-refractivity contribution in [3.63, 3.8) is 0 Å². The smallest absolute Gasteiger partial charge is 0.321 e. The van der Waals surface area contributed by atoms with E-state index in [-0.39, 0.29) is 17.3 Å². The van der Waals surface area contributed by atoms with E-state index in [2.05, 4.69) is 25.7 Å². The average Bonchev–Trinajstić information content (AvgIpc) is 3.24. The highest BCUT2D eigenvalue weighted by Gasteiger charge is 2.23. The number of hydrogen-bond acceptors (Lipinski definition) is 6. The summed E-state index contributed by atoms with van der Waals surface area (Å²) in [6.07, 6.45) is 5.81. The fraction of sp³-hybridized carbons (Fsp3) is 0.524. The first-order valence-electron chi connectivity index (χ1n) is 10.7. The van der Waals surface area contributed by atoms with Crippen LogP contribution in [0.4, 0.5) is 20.0 Å². The van der Waals surface area contributed by atoms with Crippen LogP contribution in [0.5, 0.6) is 0 Å². The molecular weight excluding hydrogens is 419 g/mol. The lowest BCUT2D eigenvalue weighted by Gasteiger charge is -2.32. The lowest BCUT2D eigenvalue weighted by molar-refractivity contribution is 0.102. The highest BCUT2D eigenvalue weighted by Crippen LogP contribution is 2.35. The second kappa shape index (κ2) is 9.69. The van der Waals surface area contributed by atoms with Gasteiger partial charge in [-0.3, -0.25) is 10.1 Å². The number of aromatic nitrogens is 2. The molecule has 166 valence electrons. The Balaban J connectivity index is 1.44. The second-order valence-electron chi connectivity index (χ2n) is 8.14. The molecule has 0 radical (unpaired) electrons. The number of nitrogens with zero attached hydrogens (tertiary/aromatic N) is 4. The van der Waals surface area contributed by atoms with Gasteiger partial charge in [0.1, 0.15) is 10.8 Å². The number of urea groups is 1. The molecule has 1 saturated heterocycles. The van der Waals surface area contributed by atoms with Gasteiger partial charge in [0.2, 0.25) is 5.13 Å². The minimum atomic E-state index is -0.553. The van der Waals surface area contributed by atoms with Gasteiger partial charge in [-0.1, -0.05) is 30.6 Å². The van der Waals surface area contributed by atoms with E-state index in [9.17, 15) is 14.0 Å². The predicted octanol–water partition coefficient (Wildman–Crippen LogP) is 3.76.